The van der Waals surface area contributed by atoms with Crippen LogP contribution in [0, 0.1) is 17.0 Å². The zero-order valence-corrected chi connectivity index (χ0v) is 12.6. The normalized spacial score (nSPS) is 12.8. The van der Waals surface area contributed by atoms with Crippen LogP contribution in [-0.4, -0.2) is 25.4 Å². The highest BCUT2D eigenvalue weighted by Crippen LogP contribution is 2.26. The molecule has 1 rings (SSSR count). The molecule has 0 aliphatic rings. The molecule has 0 aliphatic heterocycles. The number of hydrogen-bond acceptors (Lipinski definition) is 6. The third-order valence-electron chi connectivity index (χ3n) is 2.97. The van der Waals surface area contributed by atoms with Gasteiger partial charge in [-0.15, -0.1) is 0 Å². The van der Waals surface area contributed by atoms with Crippen molar-refractivity contribution in [1.29, 1.82) is 0 Å². The zero-order chi connectivity index (χ0) is 16.4. The van der Waals surface area contributed by atoms with Crippen molar-refractivity contribution in [2.75, 3.05) is 0 Å². The number of nitro benzene ring substituents is 1. The Hall–Kier alpha value is -2.00. The number of rotatable bonds is 5. The minimum Gasteiger partial charge on any atom is -0.459 e. The molecule has 0 bridgehead atoms. The zero-order valence-electron chi connectivity index (χ0n) is 11.8. The molecule has 0 heterocycles. The Balaban J connectivity index is 3.48. The first-order chi connectivity index (χ1) is 9.57. The van der Waals surface area contributed by atoms with Crippen molar-refractivity contribution in [3.05, 3.63) is 33.4 Å². The van der Waals surface area contributed by atoms with Gasteiger partial charge >= 0.3 is 5.97 Å². The Bertz CT molecular complexity index is 683. The lowest BCUT2D eigenvalue weighted by Crippen LogP contribution is -2.19. The fourth-order valence-corrected chi connectivity index (χ4v) is 2.44. The van der Waals surface area contributed by atoms with Gasteiger partial charge in [0.25, 0.3) is 5.69 Å². The van der Waals surface area contributed by atoms with E-state index in [2.05, 4.69) is 0 Å². The average molecular weight is 316 g/mol. The van der Waals surface area contributed by atoms with E-state index in [1.807, 2.05) is 0 Å². The molecule has 116 valence electrons. The number of ether oxygens (including phenoxy) is 1. The van der Waals surface area contributed by atoms with Crippen molar-refractivity contribution >= 4 is 21.7 Å². The first-order valence-corrected chi connectivity index (χ1v) is 7.65. The topological polar surface area (TPSA) is 130 Å². The van der Waals surface area contributed by atoms with E-state index < -0.39 is 37.6 Å². The number of carbonyl (C=O) groups is 1. The molecule has 8 nitrogen and oxygen atoms in total. The Kier molecular flexibility index (Phi) is 5.02. The smallest absolute Gasteiger partial charge is 0.338 e. The van der Waals surface area contributed by atoms with Gasteiger partial charge in [-0.1, -0.05) is 6.92 Å². The number of non-ortho nitro benzene ring substituents is 1. The molecule has 2 N–H and O–H groups in total. The number of carbonyl (C=O) groups excluding carboxylic acids is 1. The molecule has 0 aromatic heterocycles. The van der Waals surface area contributed by atoms with Crippen molar-refractivity contribution in [2.45, 2.75) is 38.2 Å². The molecule has 0 saturated carbocycles. The van der Waals surface area contributed by atoms with Gasteiger partial charge in [0.2, 0.25) is 10.0 Å². The van der Waals surface area contributed by atoms with Gasteiger partial charge in [-0.2, -0.15) is 0 Å². The Morgan fingerprint density at radius 1 is 1.48 bits per heavy atom. The van der Waals surface area contributed by atoms with E-state index in [1.54, 1.807) is 13.8 Å². The molecule has 0 radical (unpaired) electrons. The summed E-state index contributed by atoms with van der Waals surface area (Å²) in [5.74, 6) is -0.824. The van der Waals surface area contributed by atoms with Crippen LogP contribution in [0.4, 0.5) is 5.69 Å². The third-order valence-corrected chi connectivity index (χ3v) is 4.00. The van der Waals surface area contributed by atoms with Crippen LogP contribution in [0.3, 0.4) is 0 Å². The van der Waals surface area contributed by atoms with Crippen molar-refractivity contribution in [3.63, 3.8) is 0 Å². The molecule has 0 aliphatic carbocycles. The van der Waals surface area contributed by atoms with E-state index in [1.165, 1.54) is 6.92 Å². The molecule has 0 amide bonds. The largest absolute Gasteiger partial charge is 0.459 e. The highest BCUT2D eigenvalue weighted by atomic mass is 32.2. The van der Waals surface area contributed by atoms with Crippen molar-refractivity contribution in [3.8, 4) is 0 Å². The molecule has 9 heteroatoms. The summed E-state index contributed by atoms with van der Waals surface area (Å²) < 4.78 is 28.0. The summed E-state index contributed by atoms with van der Waals surface area (Å²) in [6, 6.07) is 1.80. The SMILES string of the molecule is CCC(C)OC(=O)c1cc([N+](=O)[O-])cc(S(N)(=O)=O)c1C. The average Bonchev–Trinajstić information content (AvgIpc) is 2.36. The van der Waals surface area contributed by atoms with Gasteiger partial charge in [0.05, 0.1) is 21.5 Å². The lowest BCUT2D eigenvalue weighted by atomic mass is 10.1. The first-order valence-electron chi connectivity index (χ1n) is 6.10. The van der Waals surface area contributed by atoms with Crippen LogP contribution in [0.5, 0.6) is 0 Å². The lowest BCUT2D eigenvalue weighted by Gasteiger charge is -2.13. The summed E-state index contributed by atoms with van der Waals surface area (Å²) in [6.45, 7) is 4.80. The summed E-state index contributed by atoms with van der Waals surface area (Å²) in [5.41, 5.74) is -0.703. The van der Waals surface area contributed by atoms with E-state index in [4.69, 9.17) is 9.88 Å². The van der Waals surface area contributed by atoms with Crippen LogP contribution < -0.4 is 5.14 Å². The second-order valence-corrected chi connectivity index (χ2v) is 6.07. The van der Waals surface area contributed by atoms with Gasteiger partial charge in [0.15, 0.2) is 0 Å². The van der Waals surface area contributed by atoms with Gasteiger partial charge in [0, 0.05) is 12.1 Å². The molecular formula is C12H16N2O6S. The highest BCUT2D eigenvalue weighted by molar-refractivity contribution is 7.89. The second-order valence-electron chi connectivity index (χ2n) is 4.54. The second kappa shape index (κ2) is 6.19. The van der Waals surface area contributed by atoms with E-state index in [0.29, 0.717) is 6.42 Å². The molecular weight excluding hydrogens is 300 g/mol. The van der Waals surface area contributed by atoms with Crippen LogP contribution in [0.15, 0.2) is 17.0 Å². The standard InChI is InChI=1S/C12H16N2O6S/c1-4-7(2)20-12(15)10-5-9(14(16)17)6-11(8(10)3)21(13,18)19/h5-7H,4H2,1-3H3,(H2,13,18,19). The minimum atomic E-state index is -4.19. The summed E-state index contributed by atoms with van der Waals surface area (Å²) >= 11 is 0. The summed E-state index contributed by atoms with van der Waals surface area (Å²) in [4.78, 5) is 21.6. The first kappa shape index (κ1) is 17.1. The van der Waals surface area contributed by atoms with Gasteiger partial charge in [0.1, 0.15) is 0 Å². The summed E-state index contributed by atoms with van der Waals surface area (Å²) in [6.07, 6.45) is 0.163. The molecule has 0 saturated heterocycles. The van der Waals surface area contributed by atoms with E-state index >= 15 is 0 Å². The van der Waals surface area contributed by atoms with Crippen LogP contribution in [0.1, 0.15) is 36.2 Å². The number of benzene rings is 1. The predicted octanol–water partition coefficient (Wildman–Crippen LogP) is 1.51. The Morgan fingerprint density at radius 2 is 2.05 bits per heavy atom. The fraction of sp³-hybridized carbons (Fsp3) is 0.417. The lowest BCUT2D eigenvalue weighted by molar-refractivity contribution is -0.385. The monoisotopic (exact) mass is 316 g/mol. The molecule has 0 fully saturated rings. The molecule has 1 unspecified atom stereocenters. The number of nitro groups is 1. The van der Waals surface area contributed by atoms with Gasteiger partial charge in [-0.05, 0) is 25.8 Å². The number of nitrogens with two attached hydrogens (primary N) is 1. The fourth-order valence-electron chi connectivity index (χ4n) is 1.62. The quantitative estimate of drug-likeness (QED) is 0.498. The maximum absolute atomic E-state index is 12.0. The maximum Gasteiger partial charge on any atom is 0.338 e. The number of primary sulfonamides is 1. The molecule has 1 atom stereocenters. The van der Waals surface area contributed by atoms with Crippen LogP contribution in [-0.2, 0) is 14.8 Å². The van der Waals surface area contributed by atoms with Crippen LogP contribution in [0.25, 0.3) is 0 Å². The molecule has 21 heavy (non-hydrogen) atoms. The van der Waals surface area contributed by atoms with E-state index in [9.17, 15) is 23.3 Å². The molecule has 1 aromatic rings. The van der Waals surface area contributed by atoms with Crippen molar-refractivity contribution < 1.29 is 22.9 Å². The van der Waals surface area contributed by atoms with Gasteiger partial charge in [-0.3, -0.25) is 10.1 Å². The van der Waals surface area contributed by atoms with Gasteiger partial charge in [-0.25, -0.2) is 18.4 Å². The Morgan fingerprint density at radius 3 is 2.48 bits per heavy atom. The molecule has 0 spiro atoms. The van der Waals surface area contributed by atoms with E-state index in [0.717, 1.165) is 12.1 Å². The minimum absolute atomic E-state index is 0.0244. The van der Waals surface area contributed by atoms with Crippen LogP contribution in [0.2, 0.25) is 0 Å². The maximum atomic E-state index is 12.0. The number of nitrogens with zero attached hydrogens (tertiary/aromatic N) is 1. The number of esters is 1. The van der Waals surface area contributed by atoms with E-state index in [-0.39, 0.29) is 11.1 Å². The number of sulfonamides is 1. The highest BCUT2D eigenvalue weighted by Gasteiger charge is 2.25. The molecule has 1 aromatic carbocycles. The van der Waals surface area contributed by atoms with Crippen molar-refractivity contribution in [1.82, 2.24) is 0 Å². The summed E-state index contributed by atoms with van der Waals surface area (Å²) in [7, 11) is -4.19. The summed E-state index contributed by atoms with van der Waals surface area (Å²) in [5, 5.41) is 15.9. The number of hydrogen-bond donors (Lipinski definition) is 1. The predicted molar refractivity (Wildman–Crippen MR) is 74.4 cm³/mol. The third kappa shape index (κ3) is 3.99. The van der Waals surface area contributed by atoms with Crippen molar-refractivity contribution in [2.24, 2.45) is 5.14 Å². The Labute approximate surface area is 122 Å². The van der Waals surface area contributed by atoms with Crippen LogP contribution >= 0.6 is 0 Å². The van der Waals surface area contributed by atoms with Gasteiger partial charge < -0.3 is 4.74 Å².